The van der Waals surface area contributed by atoms with Gasteiger partial charge < -0.3 is 15.4 Å². The summed E-state index contributed by atoms with van der Waals surface area (Å²) in [6.45, 7) is 6.04. The average Bonchev–Trinajstić information content (AvgIpc) is 3.10. The first-order chi connectivity index (χ1) is 15.8. The molecule has 2 saturated carbocycles. The highest BCUT2D eigenvalue weighted by molar-refractivity contribution is 5.64. The standard InChI is InChI=1S/C24H34F2N6O/c1-14(2)32-20(12-19(29-32)15-9-21(33-24(25)26)23(27)28-13-15)22-17-10-16(11-18(17)22)31-6-4-5-30(3)7-8-31/h9,12-14,16-18,22,24H,4-8,10-11H2,1-3H3,(H2,27,28). The number of alkyl halides is 2. The Bertz CT molecular complexity index is 983. The second-order valence-electron chi connectivity index (χ2n) is 10.2. The highest BCUT2D eigenvalue weighted by Crippen LogP contribution is 2.64. The van der Waals surface area contributed by atoms with Gasteiger partial charge in [-0.15, -0.1) is 0 Å². The predicted octanol–water partition coefficient (Wildman–Crippen LogP) is 3.84. The third-order valence-electron chi connectivity index (χ3n) is 7.68. The number of ether oxygens (including phenoxy) is 1. The van der Waals surface area contributed by atoms with Crippen molar-refractivity contribution in [2.24, 2.45) is 11.8 Å². The summed E-state index contributed by atoms with van der Waals surface area (Å²) in [5.41, 5.74) is 8.32. The van der Waals surface area contributed by atoms with E-state index in [9.17, 15) is 8.78 Å². The molecule has 33 heavy (non-hydrogen) atoms. The number of anilines is 1. The number of nitrogen functional groups attached to an aromatic ring is 1. The van der Waals surface area contributed by atoms with Crippen LogP contribution in [0.4, 0.5) is 14.6 Å². The first kappa shape index (κ1) is 22.5. The van der Waals surface area contributed by atoms with E-state index in [1.807, 2.05) is 0 Å². The van der Waals surface area contributed by atoms with Gasteiger partial charge in [0, 0.05) is 48.5 Å². The van der Waals surface area contributed by atoms with E-state index in [1.165, 1.54) is 50.7 Å². The van der Waals surface area contributed by atoms with Gasteiger partial charge in [0.25, 0.3) is 0 Å². The molecule has 1 aliphatic heterocycles. The first-order valence-electron chi connectivity index (χ1n) is 12.0. The third kappa shape index (κ3) is 4.45. The van der Waals surface area contributed by atoms with E-state index in [0.29, 0.717) is 29.4 Å². The summed E-state index contributed by atoms with van der Waals surface area (Å²) in [7, 11) is 2.22. The van der Waals surface area contributed by atoms with Crippen molar-refractivity contribution in [1.29, 1.82) is 0 Å². The molecule has 0 aromatic carbocycles. The van der Waals surface area contributed by atoms with Crippen molar-refractivity contribution in [3.63, 3.8) is 0 Å². The summed E-state index contributed by atoms with van der Waals surface area (Å²) >= 11 is 0. The zero-order chi connectivity index (χ0) is 23.3. The number of nitrogens with zero attached hydrogens (tertiary/aromatic N) is 5. The Hall–Kier alpha value is -2.26. The minimum Gasteiger partial charge on any atom is -0.431 e. The van der Waals surface area contributed by atoms with Crippen LogP contribution >= 0.6 is 0 Å². The second kappa shape index (κ2) is 8.83. The Balaban J connectivity index is 1.33. The maximum Gasteiger partial charge on any atom is 0.387 e. The van der Waals surface area contributed by atoms with E-state index >= 15 is 0 Å². The molecule has 2 N–H and O–H groups in total. The van der Waals surface area contributed by atoms with Gasteiger partial charge in [0.2, 0.25) is 0 Å². The van der Waals surface area contributed by atoms with Crippen LogP contribution < -0.4 is 10.5 Å². The lowest BCUT2D eigenvalue weighted by Crippen LogP contribution is -2.37. The predicted molar refractivity (Wildman–Crippen MR) is 123 cm³/mol. The fraction of sp³-hybridized carbons (Fsp3) is 0.667. The maximum atomic E-state index is 12.7. The van der Waals surface area contributed by atoms with Gasteiger partial charge in [0.1, 0.15) is 0 Å². The zero-order valence-electron chi connectivity index (χ0n) is 19.6. The summed E-state index contributed by atoms with van der Waals surface area (Å²) in [6.07, 6.45) is 5.34. The highest BCUT2D eigenvalue weighted by atomic mass is 19.3. The maximum absolute atomic E-state index is 12.7. The van der Waals surface area contributed by atoms with Crippen molar-refractivity contribution in [2.45, 2.75) is 57.7 Å². The highest BCUT2D eigenvalue weighted by Gasteiger charge is 2.58. The molecule has 180 valence electrons. The number of aromatic nitrogens is 3. The van der Waals surface area contributed by atoms with E-state index < -0.39 is 6.61 Å². The average molecular weight is 461 g/mol. The molecule has 2 aliphatic carbocycles. The Morgan fingerprint density at radius 1 is 1.09 bits per heavy atom. The molecule has 1 saturated heterocycles. The van der Waals surface area contributed by atoms with E-state index in [0.717, 1.165) is 12.2 Å². The lowest BCUT2D eigenvalue weighted by Gasteiger charge is -2.29. The number of hydrogen-bond acceptors (Lipinski definition) is 6. The normalized spacial score (nSPS) is 28.3. The molecule has 5 rings (SSSR count). The van der Waals surface area contributed by atoms with Crippen molar-refractivity contribution in [1.82, 2.24) is 24.6 Å². The van der Waals surface area contributed by atoms with Gasteiger partial charge >= 0.3 is 6.61 Å². The van der Waals surface area contributed by atoms with Gasteiger partial charge in [-0.05, 0) is 77.2 Å². The number of pyridine rings is 1. The van der Waals surface area contributed by atoms with E-state index in [-0.39, 0.29) is 17.6 Å². The number of fused-ring (bicyclic) bond motifs is 1. The largest absolute Gasteiger partial charge is 0.431 e. The van der Waals surface area contributed by atoms with Crippen LogP contribution in [-0.2, 0) is 0 Å². The van der Waals surface area contributed by atoms with Crippen LogP contribution in [0.3, 0.4) is 0 Å². The Kier molecular flexibility index (Phi) is 6.03. The molecular formula is C24H34F2N6O. The van der Waals surface area contributed by atoms with Crippen LogP contribution in [-0.4, -0.2) is 70.4 Å². The molecule has 0 bridgehead atoms. The van der Waals surface area contributed by atoms with E-state index in [2.05, 4.69) is 51.2 Å². The minimum absolute atomic E-state index is 0.0509. The monoisotopic (exact) mass is 460 g/mol. The van der Waals surface area contributed by atoms with Crippen LogP contribution in [0.2, 0.25) is 0 Å². The van der Waals surface area contributed by atoms with E-state index in [4.69, 9.17) is 10.8 Å². The van der Waals surface area contributed by atoms with Gasteiger partial charge in [-0.2, -0.15) is 13.9 Å². The molecule has 2 aromatic heterocycles. The topological polar surface area (TPSA) is 72.4 Å². The number of rotatable bonds is 6. The Morgan fingerprint density at radius 3 is 2.55 bits per heavy atom. The molecule has 0 radical (unpaired) electrons. The molecule has 7 nitrogen and oxygen atoms in total. The van der Waals surface area contributed by atoms with Gasteiger partial charge in [-0.1, -0.05) is 0 Å². The zero-order valence-corrected chi connectivity index (χ0v) is 19.6. The van der Waals surface area contributed by atoms with Gasteiger partial charge in [-0.3, -0.25) is 9.58 Å². The van der Waals surface area contributed by atoms with Gasteiger partial charge in [0.05, 0.1) is 5.69 Å². The summed E-state index contributed by atoms with van der Waals surface area (Å²) in [6, 6.07) is 4.53. The molecule has 2 atom stereocenters. The lowest BCUT2D eigenvalue weighted by molar-refractivity contribution is -0.0494. The summed E-state index contributed by atoms with van der Waals surface area (Å²) in [4.78, 5) is 9.19. The molecule has 3 aliphatic rings. The van der Waals surface area contributed by atoms with Crippen molar-refractivity contribution < 1.29 is 13.5 Å². The van der Waals surface area contributed by atoms with E-state index in [1.54, 1.807) is 6.20 Å². The number of nitrogens with two attached hydrogens (primary N) is 1. The van der Waals surface area contributed by atoms with Crippen molar-refractivity contribution in [2.75, 3.05) is 39.0 Å². The fourth-order valence-electron chi connectivity index (χ4n) is 5.98. The number of likely N-dealkylation sites (N-methyl/N-ethyl adjacent to an activating group) is 1. The smallest absolute Gasteiger partial charge is 0.387 e. The van der Waals surface area contributed by atoms with Crippen LogP contribution in [0, 0.1) is 11.8 Å². The first-order valence-corrected chi connectivity index (χ1v) is 12.0. The molecule has 3 fully saturated rings. The van der Waals surface area contributed by atoms with Gasteiger partial charge in [0.15, 0.2) is 11.6 Å². The quantitative estimate of drug-likeness (QED) is 0.706. The minimum atomic E-state index is -2.95. The molecular weight excluding hydrogens is 426 g/mol. The number of hydrogen-bond donors (Lipinski definition) is 1. The summed E-state index contributed by atoms with van der Waals surface area (Å²) < 4.78 is 32.1. The molecule has 0 amide bonds. The van der Waals surface area contributed by atoms with Crippen LogP contribution in [0.25, 0.3) is 11.3 Å². The Labute approximate surface area is 193 Å². The van der Waals surface area contributed by atoms with Crippen LogP contribution in [0.1, 0.15) is 50.8 Å². The molecule has 0 spiro atoms. The molecule has 2 aromatic rings. The van der Waals surface area contributed by atoms with Gasteiger partial charge in [-0.25, -0.2) is 4.98 Å². The number of halogens is 2. The van der Waals surface area contributed by atoms with Crippen molar-refractivity contribution in [3.8, 4) is 17.0 Å². The van der Waals surface area contributed by atoms with Crippen LogP contribution in [0.15, 0.2) is 18.3 Å². The third-order valence-corrected chi connectivity index (χ3v) is 7.68. The Morgan fingerprint density at radius 2 is 1.85 bits per heavy atom. The molecule has 2 unspecified atom stereocenters. The van der Waals surface area contributed by atoms with Crippen LogP contribution in [0.5, 0.6) is 5.75 Å². The summed E-state index contributed by atoms with van der Waals surface area (Å²) in [5, 5.41) is 4.82. The van der Waals surface area contributed by atoms with Crippen molar-refractivity contribution in [3.05, 3.63) is 24.0 Å². The SMILES string of the molecule is CC(C)n1nc(-c2cnc(N)c(OC(F)F)c2)cc1C1C2CC(N3CCCN(C)CC3)CC21. The fourth-order valence-corrected chi connectivity index (χ4v) is 5.98. The lowest BCUT2D eigenvalue weighted by atomic mass is 10.0. The molecule has 3 heterocycles. The summed E-state index contributed by atoms with van der Waals surface area (Å²) in [5.74, 6) is 1.78. The molecule has 9 heteroatoms. The van der Waals surface area contributed by atoms with Crippen molar-refractivity contribution >= 4 is 5.82 Å². The second-order valence-corrected chi connectivity index (χ2v) is 10.2.